The molecule has 0 radical (unpaired) electrons. The average Bonchev–Trinajstić information content (AvgIpc) is 2.85. The highest BCUT2D eigenvalue weighted by atomic mass is 32.1. The van der Waals surface area contributed by atoms with E-state index >= 15 is 0 Å². The lowest BCUT2D eigenvalue weighted by atomic mass is 10.1. The van der Waals surface area contributed by atoms with Gasteiger partial charge in [-0.1, -0.05) is 43.6 Å². The van der Waals surface area contributed by atoms with Gasteiger partial charge in [0.1, 0.15) is 0 Å². The summed E-state index contributed by atoms with van der Waals surface area (Å²) in [7, 11) is 1.67. The minimum absolute atomic E-state index is 0.570. The van der Waals surface area contributed by atoms with Crippen LogP contribution in [0.1, 0.15) is 38.3 Å². The third-order valence-electron chi connectivity index (χ3n) is 3.50. The molecule has 0 unspecified atom stereocenters. The van der Waals surface area contributed by atoms with Gasteiger partial charge in [-0.25, -0.2) is 4.98 Å². The fraction of sp³-hybridized carbons (Fsp3) is 0.471. The molecular formula is C17H24N2O2S. The van der Waals surface area contributed by atoms with Crippen LogP contribution in [0, 0.1) is 6.92 Å². The Kier molecular flexibility index (Phi) is 6.07. The maximum absolute atomic E-state index is 5.91. The van der Waals surface area contributed by atoms with Gasteiger partial charge in [-0.05, 0) is 25.5 Å². The van der Waals surface area contributed by atoms with Crippen LogP contribution in [0.3, 0.4) is 0 Å². The van der Waals surface area contributed by atoms with Gasteiger partial charge in [0.2, 0.25) is 0 Å². The molecule has 0 aliphatic carbocycles. The lowest BCUT2D eigenvalue weighted by molar-refractivity contribution is 0.285. The average molecular weight is 320 g/mol. The molecule has 0 saturated heterocycles. The van der Waals surface area contributed by atoms with Crippen LogP contribution in [-0.4, -0.2) is 18.7 Å². The molecule has 0 amide bonds. The molecule has 0 atom stereocenters. The molecule has 0 spiro atoms. The number of nitrogen functional groups attached to an aromatic ring is 1. The Labute approximate surface area is 136 Å². The van der Waals surface area contributed by atoms with Gasteiger partial charge in [0.15, 0.2) is 16.6 Å². The van der Waals surface area contributed by atoms with Crippen LogP contribution >= 0.6 is 11.3 Å². The van der Waals surface area contributed by atoms with Crippen molar-refractivity contribution in [2.24, 2.45) is 0 Å². The number of aryl methyl sites for hydroxylation is 1. The maximum Gasteiger partial charge on any atom is 0.180 e. The van der Waals surface area contributed by atoms with Gasteiger partial charge < -0.3 is 15.2 Å². The first-order valence-electron chi connectivity index (χ1n) is 7.70. The summed E-state index contributed by atoms with van der Waals surface area (Å²) in [5.74, 6) is 1.53. The van der Waals surface area contributed by atoms with Crippen LogP contribution in [0.15, 0.2) is 18.2 Å². The molecule has 1 aromatic heterocycles. The summed E-state index contributed by atoms with van der Waals surface area (Å²) in [6.45, 7) is 4.87. The van der Waals surface area contributed by atoms with E-state index in [9.17, 15) is 0 Å². The molecule has 0 bridgehead atoms. The van der Waals surface area contributed by atoms with E-state index in [4.69, 9.17) is 15.2 Å². The van der Waals surface area contributed by atoms with Gasteiger partial charge in [-0.2, -0.15) is 0 Å². The molecule has 5 heteroatoms. The van der Waals surface area contributed by atoms with Gasteiger partial charge in [-0.3, -0.25) is 0 Å². The van der Waals surface area contributed by atoms with Crippen LogP contribution in [0.4, 0.5) is 5.13 Å². The molecule has 2 aromatic rings. The number of benzene rings is 1. The van der Waals surface area contributed by atoms with E-state index in [2.05, 4.69) is 11.9 Å². The third kappa shape index (κ3) is 3.91. The molecule has 0 saturated carbocycles. The van der Waals surface area contributed by atoms with Crippen molar-refractivity contribution in [3.63, 3.8) is 0 Å². The second-order valence-electron chi connectivity index (χ2n) is 5.21. The Balaban J connectivity index is 2.18. The number of hydrogen-bond acceptors (Lipinski definition) is 5. The molecule has 120 valence electrons. The molecule has 0 aliphatic rings. The number of aromatic nitrogens is 1. The number of nitrogens with two attached hydrogens (primary N) is 1. The SMILES string of the molecule is CCCCCCOc1cccc(-c2sc(N)nc2C)c1OC. The van der Waals surface area contributed by atoms with E-state index in [1.54, 1.807) is 7.11 Å². The van der Waals surface area contributed by atoms with Crippen molar-refractivity contribution in [3.8, 4) is 21.9 Å². The zero-order chi connectivity index (χ0) is 15.9. The van der Waals surface area contributed by atoms with Crippen molar-refractivity contribution < 1.29 is 9.47 Å². The first kappa shape index (κ1) is 16.6. The predicted molar refractivity (Wildman–Crippen MR) is 92.9 cm³/mol. The molecule has 4 nitrogen and oxygen atoms in total. The third-order valence-corrected chi connectivity index (χ3v) is 4.52. The fourth-order valence-electron chi connectivity index (χ4n) is 2.40. The van der Waals surface area contributed by atoms with Crippen molar-refractivity contribution in [1.82, 2.24) is 4.98 Å². The predicted octanol–water partition coefficient (Wildman–Crippen LogP) is 4.67. The summed E-state index contributed by atoms with van der Waals surface area (Å²) >= 11 is 1.47. The largest absolute Gasteiger partial charge is 0.492 e. The molecule has 2 rings (SSSR count). The maximum atomic E-state index is 5.91. The summed E-state index contributed by atoms with van der Waals surface area (Å²) in [6.07, 6.45) is 4.74. The normalized spacial score (nSPS) is 10.7. The summed E-state index contributed by atoms with van der Waals surface area (Å²) in [6, 6.07) is 5.94. The van der Waals surface area contributed by atoms with E-state index < -0.39 is 0 Å². The second-order valence-corrected chi connectivity index (χ2v) is 6.24. The Morgan fingerprint density at radius 3 is 2.68 bits per heavy atom. The van der Waals surface area contributed by atoms with E-state index in [-0.39, 0.29) is 0 Å². The number of hydrogen-bond donors (Lipinski definition) is 1. The van der Waals surface area contributed by atoms with Gasteiger partial charge in [0.05, 0.1) is 24.3 Å². The van der Waals surface area contributed by atoms with Gasteiger partial charge in [0, 0.05) is 5.56 Å². The van der Waals surface area contributed by atoms with Crippen molar-refractivity contribution in [2.75, 3.05) is 19.5 Å². The number of para-hydroxylation sites is 1. The zero-order valence-electron chi connectivity index (χ0n) is 13.5. The Hall–Kier alpha value is -1.75. The summed E-state index contributed by atoms with van der Waals surface area (Å²) in [5.41, 5.74) is 7.71. The number of rotatable bonds is 8. The highest BCUT2D eigenvalue weighted by Crippen LogP contribution is 2.42. The van der Waals surface area contributed by atoms with Gasteiger partial charge >= 0.3 is 0 Å². The zero-order valence-corrected chi connectivity index (χ0v) is 14.3. The van der Waals surface area contributed by atoms with Crippen molar-refractivity contribution in [3.05, 3.63) is 23.9 Å². The fourth-order valence-corrected chi connectivity index (χ4v) is 3.25. The molecule has 2 N–H and O–H groups in total. The molecule has 1 aromatic carbocycles. The highest BCUT2D eigenvalue weighted by molar-refractivity contribution is 7.18. The Morgan fingerprint density at radius 1 is 1.23 bits per heavy atom. The van der Waals surface area contributed by atoms with Crippen LogP contribution in [0.2, 0.25) is 0 Å². The lowest BCUT2D eigenvalue weighted by Gasteiger charge is -2.14. The number of methoxy groups -OCH3 is 1. The smallest absolute Gasteiger partial charge is 0.180 e. The van der Waals surface area contributed by atoms with Crippen LogP contribution in [0.25, 0.3) is 10.4 Å². The first-order valence-corrected chi connectivity index (χ1v) is 8.52. The van der Waals surface area contributed by atoms with Crippen molar-refractivity contribution >= 4 is 16.5 Å². The Morgan fingerprint density at radius 2 is 2.05 bits per heavy atom. The number of nitrogens with zero attached hydrogens (tertiary/aromatic N) is 1. The number of thiazole rings is 1. The van der Waals surface area contributed by atoms with E-state index in [0.717, 1.165) is 34.1 Å². The molecule has 0 aliphatic heterocycles. The number of anilines is 1. The topological polar surface area (TPSA) is 57.4 Å². The van der Waals surface area contributed by atoms with Gasteiger partial charge in [0.25, 0.3) is 0 Å². The summed E-state index contributed by atoms with van der Waals surface area (Å²) in [5, 5.41) is 0.570. The van der Waals surface area contributed by atoms with Crippen LogP contribution in [0.5, 0.6) is 11.5 Å². The van der Waals surface area contributed by atoms with Crippen molar-refractivity contribution in [2.45, 2.75) is 39.5 Å². The number of unbranched alkanes of at least 4 members (excludes halogenated alkanes) is 3. The summed E-state index contributed by atoms with van der Waals surface area (Å²) in [4.78, 5) is 5.32. The van der Waals surface area contributed by atoms with Crippen LogP contribution < -0.4 is 15.2 Å². The van der Waals surface area contributed by atoms with E-state index in [0.29, 0.717) is 11.7 Å². The highest BCUT2D eigenvalue weighted by Gasteiger charge is 2.16. The minimum Gasteiger partial charge on any atom is -0.492 e. The summed E-state index contributed by atoms with van der Waals surface area (Å²) < 4.78 is 11.5. The monoisotopic (exact) mass is 320 g/mol. The Bertz CT molecular complexity index is 611. The van der Waals surface area contributed by atoms with E-state index in [1.807, 2.05) is 25.1 Å². The van der Waals surface area contributed by atoms with Crippen LogP contribution in [-0.2, 0) is 0 Å². The minimum atomic E-state index is 0.570. The molecule has 0 fully saturated rings. The second kappa shape index (κ2) is 8.03. The molecule has 22 heavy (non-hydrogen) atoms. The lowest BCUT2D eigenvalue weighted by Crippen LogP contribution is -2.00. The first-order chi connectivity index (χ1) is 10.7. The van der Waals surface area contributed by atoms with E-state index in [1.165, 1.54) is 30.6 Å². The van der Waals surface area contributed by atoms with Crippen molar-refractivity contribution in [1.29, 1.82) is 0 Å². The van der Waals surface area contributed by atoms with Gasteiger partial charge in [-0.15, -0.1) is 0 Å². The quantitative estimate of drug-likeness (QED) is 0.718. The number of ether oxygens (including phenoxy) is 2. The molecular weight excluding hydrogens is 296 g/mol. The molecule has 1 heterocycles. The standard InChI is InChI=1S/C17H24N2O2S/c1-4-5-6-7-11-21-14-10-8-9-13(15(14)20-3)16-12(2)19-17(18)22-16/h8-10H,4-7,11H2,1-3H3,(H2,18,19).